The van der Waals surface area contributed by atoms with E-state index in [1.807, 2.05) is 11.0 Å². The van der Waals surface area contributed by atoms with E-state index in [4.69, 9.17) is 4.74 Å². The van der Waals surface area contributed by atoms with Crippen molar-refractivity contribution >= 4 is 0 Å². The van der Waals surface area contributed by atoms with Crippen LogP contribution in [0.1, 0.15) is 44.2 Å². The van der Waals surface area contributed by atoms with E-state index >= 15 is 0 Å². The highest BCUT2D eigenvalue weighted by Gasteiger charge is 2.58. The van der Waals surface area contributed by atoms with E-state index in [1.54, 1.807) is 7.11 Å². The molecule has 0 unspecified atom stereocenters. The first-order valence-corrected chi connectivity index (χ1v) is 9.09. The van der Waals surface area contributed by atoms with Crippen molar-refractivity contribution in [1.29, 1.82) is 5.26 Å². The van der Waals surface area contributed by atoms with Crippen molar-refractivity contribution in [3.05, 3.63) is 23.3 Å². The van der Waals surface area contributed by atoms with Gasteiger partial charge in [0.1, 0.15) is 0 Å². The van der Waals surface area contributed by atoms with Gasteiger partial charge in [-0.25, -0.2) is 0 Å². The number of nitriles is 1. The first kappa shape index (κ1) is 15.6. The average Bonchev–Trinajstić information content (AvgIpc) is 2.58. The highest BCUT2D eigenvalue weighted by molar-refractivity contribution is 5.56. The SMILES string of the molecule is COc1ccc2c(c1O)[C@@]13CC[C@@H](C)[C@H](C)[C@H]1[C@@H](C2)N(C#N)CC3. The molecule has 128 valence electrons. The molecule has 0 radical (unpaired) electrons. The van der Waals surface area contributed by atoms with Crippen molar-refractivity contribution in [3.63, 3.8) is 0 Å². The summed E-state index contributed by atoms with van der Waals surface area (Å²) in [5.41, 5.74) is 2.33. The monoisotopic (exact) mass is 326 g/mol. The Balaban J connectivity index is 1.94. The van der Waals surface area contributed by atoms with Gasteiger partial charge in [0.2, 0.25) is 0 Å². The van der Waals surface area contributed by atoms with Crippen molar-refractivity contribution in [2.24, 2.45) is 17.8 Å². The molecule has 1 heterocycles. The Hall–Kier alpha value is -1.89. The zero-order chi connectivity index (χ0) is 17.1. The van der Waals surface area contributed by atoms with Gasteiger partial charge in [0, 0.05) is 23.6 Å². The van der Waals surface area contributed by atoms with Gasteiger partial charge in [-0.05, 0) is 55.1 Å². The molecule has 5 atom stereocenters. The van der Waals surface area contributed by atoms with Gasteiger partial charge in [0.15, 0.2) is 17.7 Å². The fourth-order valence-electron chi connectivity index (χ4n) is 5.97. The quantitative estimate of drug-likeness (QED) is 0.803. The minimum absolute atomic E-state index is 0.00382. The Labute approximate surface area is 144 Å². The lowest BCUT2D eigenvalue weighted by atomic mass is 9.48. The largest absolute Gasteiger partial charge is 0.504 e. The number of methoxy groups -OCH3 is 1. The number of likely N-dealkylation sites (tertiary alicyclic amines) is 1. The molecule has 0 amide bonds. The molecule has 1 aromatic carbocycles. The zero-order valence-electron chi connectivity index (χ0n) is 14.7. The third-order valence-electron chi connectivity index (χ3n) is 7.26. The molecule has 1 saturated heterocycles. The summed E-state index contributed by atoms with van der Waals surface area (Å²) in [6.45, 7) is 5.49. The van der Waals surface area contributed by atoms with Gasteiger partial charge in [0.25, 0.3) is 0 Å². The first-order chi connectivity index (χ1) is 11.5. The van der Waals surface area contributed by atoms with Gasteiger partial charge in [-0.15, -0.1) is 0 Å². The molecular weight excluding hydrogens is 300 g/mol. The van der Waals surface area contributed by atoms with Crippen LogP contribution in [-0.4, -0.2) is 29.7 Å². The topological polar surface area (TPSA) is 56.5 Å². The van der Waals surface area contributed by atoms with Crippen molar-refractivity contribution in [3.8, 4) is 17.7 Å². The fraction of sp³-hybridized carbons (Fsp3) is 0.650. The Morgan fingerprint density at radius 3 is 2.83 bits per heavy atom. The molecule has 0 spiro atoms. The van der Waals surface area contributed by atoms with Crippen LogP contribution in [0.3, 0.4) is 0 Å². The summed E-state index contributed by atoms with van der Waals surface area (Å²) in [6.07, 6.45) is 6.53. The number of hydrogen-bond acceptors (Lipinski definition) is 4. The highest BCUT2D eigenvalue weighted by atomic mass is 16.5. The van der Waals surface area contributed by atoms with Crippen LogP contribution in [0, 0.1) is 29.2 Å². The third kappa shape index (κ3) is 1.84. The van der Waals surface area contributed by atoms with Crippen LogP contribution in [0.5, 0.6) is 11.5 Å². The summed E-state index contributed by atoms with van der Waals surface area (Å²) in [4.78, 5) is 2.00. The summed E-state index contributed by atoms with van der Waals surface area (Å²) in [6, 6.07) is 4.23. The predicted molar refractivity (Wildman–Crippen MR) is 91.8 cm³/mol. The van der Waals surface area contributed by atoms with Crippen molar-refractivity contribution in [1.82, 2.24) is 4.90 Å². The van der Waals surface area contributed by atoms with Crippen molar-refractivity contribution in [2.45, 2.75) is 51.0 Å². The van der Waals surface area contributed by atoms with Gasteiger partial charge in [0.05, 0.1) is 7.11 Å². The molecular formula is C20H26N2O2. The van der Waals surface area contributed by atoms with Gasteiger partial charge in [-0.3, -0.25) is 0 Å². The molecule has 2 aliphatic carbocycles. The molecule has 4 nitrogen and oxygen atoms in total. The zero-order valence-corrected chi connectivity index (χ0v) is 14.7. The van der Waals surface area contributed by atoms with E-state index in [0.717, 1.165) is 31.4 Å². The van der Waals surface area contributed by atoms with Crippen molar-refractivity contribution in [2.75, 3.05) is 13.7 Å². The molecule has 4 heteroatoms. The van der Waals surface area contributed by atoms with E-state index in [-0.39, 0.29) is 11.5 Å². The second kappa shape index (κ2) is 5.31. The lowest BCUT2D eigenvalue weighted by Gasteiger charge is -2.61. The fourth-order valence-corrected chi connectivity index (χ4v) is 5.97. The molecule has 24 heavy (non-hydrogen) atoms. The molecule has 1 aromatic rings. The minimum Gasteiger partial charge on any atom is -0.504 e. The molecule has 2 fully saturated rings. The van der Waals surface area contributed by atoms with Gasteiger partial charge < -0.3 is 14.7 Å². The Morgan fingerprint density at radius 2 is 2.12 bits per heavy atom. The Kier molecular flexibility index (Phi) is 3.46. The van der Waals surface area contributed by atoms with E-state index in [9.17, 15) is 10.4 Å². The number of ether oxygens (including phenoxy) is 1. The standard InChI is InChI=1S/C20H26N2O2/c1-12-6-7-20-8-9-22(11-21)15(17(20)13(12)2)10-14-4-5-16(24-3)19(23)18(14)20/h4-5,12-13,15,17,23H,6-10H2,1-3H3/t12-,13+,15-,17+,20-/m1/s1. The minimum atomic E-state index is -0.00382. The Bertz CT molecular complexity index is 710. The molecule has 1 aliphatic heterocycles. The van der Waals surface area contributed by atoms with Crippen LogP contribution >= 0.6 is 0 Å². The number of hydrogen-bond donors (Lipinski definition) is 1. The van der Waals surface area contributed by atoms with Crippen LogP contribution in [0.4, 0.5) is 0 Å². The van der Waals surface area contributed by atoms with E-state index < -0.39 is 0 Å². The number of rotatable bonds is 1. The highest BCUT2D eigenvalue weighted by Crippen LogP contribution is 2.61. The number of phenols is 1. The molecule has 3 aliphatic rings. The average molecular weight is 326 g/mol. The van der Waals surface area contributed by atoms with E-state index in [2.05, 4.69) is 26.1 Å². The summed E-state index contributed by atoms with van der Waals surface area (Å²) in [7, 11) is 1.62. The van der Waals surface area contributed by atoms with E-state index in [1.165, 1.54) is 12.0 Å². The van der Waals surface area contributed by atoms with Gasteiger partial charge in [-0.2, -0.15) is 5.26 Å². The second-order valence-electron chi connectivity index (χ2n) is 8.02. The van der Waals surface area contributed by atoms with Crippen molar-refractivity contribution < 1.29 is 9.84 Å². The van der Waals surface area contributed by atoms with Crippen LogP contribution < -0.4 is 4.74 Å². The number of phenolic OH excluding ortho intramolecular Hbond substituents is 1. The number of nitrogens with zero attached hydrogens (tertiary/aromatic N) is 2. The van der Waals surface area contributed by atoms with Gasteiger partial charge >= 0.3 is 0 Å². The second-order valence-corrected chi connectivity index (χ2v) is 8.02. The maximum atomic E-state index is 11.0. The molecule has 4 rings (SSSR count). The summed E-state index contributed by atoms with van der Waals surface area (Å²) in [5, 5.41) is 20.6. The number of piperidine rings is 1. The molecule has 2 bridgehead atoms. The van der Waals surface area contributed by atoms with E-state index in [0.29, 0.717) is 29.3 Å². The Morgan fingerprint density at radius 1 is 1.33 bits per heavy atom. The number of aromatic hydroxyl groups is 1. The normalized spacial score (nSPS) is 37.2. The maximum Gasteiger partial charge on any atom is 0.179 e. The smallest absolute Gasteiger partial charge is 0.179 e. The maximum absolute atomic E-state index is 11.0. The third-order valence-corrected chi connectivity index (χ3v) is 7.26. The number of benzene rings is 1. The van der Waals surface area contributed by atoms with Crippen LogP contribution in [0.15, 0.2) is 12.1 Å². The van der Waals surface area contributed by atoms with Crippen LogP contribution in [0.25, 0.3) is 0 Å². The van der Waals surface area contributed by atoms with Crippen LogP contribution in [0.2, 0.25) is 0 Å². The lowest BCUT2D eigenvalue weighted by Crippen LogP contribution is -2.62. The lowest BCUT2D eigenvalue weighted by molar-refractivity contribution is -0.0367. The molecule has 1 N–H and O–H groups in total. The summed E-state index contributed by atoms with van der Waals surface area (Å²) >= 11 is 0. The number of fused-ring (bicyclic) bond motifs is 1. The molecule has 0 aromatic heterocycles. The predicted octanol–water partition coefficient (Wildman–Crippen LogP) is 3.43. The first-order valence-electron chi connectivity index (χ1n) is 9.09. The van der Waals surface area contributed by atoms with Crippen LogP contribution in [-0.2, 0) is 11.8 Å². The molecule has 1 saturated carbocycles. The summed E-state index contributed by atoms with van der Waals surface area (Å²) < 4.78 is 5.40. The van der Waals surface area contributed by atoms with Gasteiger partial charge in [-0.1, -0.05) is 19.9 Å². The summed E-state index contributed by atoms with van der Waals surface area (Å²) in [5.74, 6) is 2.57.